The third-order valence-corrected chi connectivity index (χ3v) is 5.73. The van der Waals surface area contributed by atoms with Crippen LogP contribution < -0.4 is 20.3 Å². The van der Waals surface area contributed by atoms with Gasteiger partial charge in [-0.3, -0.25) is 14.4 Å². The lowest BCUT2D eigenvalue weighted by molar-refractivity contribution is -0.120. The highest BCUT2D eigenvalue weighted by Crippen LogP contribution is 2.31. The molecule has 1 aliphatic rings. The Morgan fingerprint density at radius 2 is 1.59 bits per heavy atom. The van der Waals surface area contributed by atoms with Crippen LogP contribution in [-0.4, -0.2) is 24.8 Å². The molecule has 4 rings (SSSR count). The molecule has 1 heterocycles. The van der Waals surface area contributed by atoms with Crippen molar-refractivity contribution >= 4 is 58.0 Å². The largest absolute Gasteiger partial charge is 0.495 e. The summed E-state index contributed by atoms with van der Waals surface area (Å²) in [5, 5.41) is 5.89. The van der Waals surface area contributed by atoms with Crippen LogP contribution in [-0.2, 0) is 9.59 Å². The highest BCUT2D eigenvalue weighted by atomic mass is 35.5. The third-order valence-electron chi connectivity index (χ3n) is 5.15. The number of aryl methyl sites for hydroxylation is 1. The number of nitrogens with one attached hydrogen (secondary N) is 2. The van der Waals surface area contributed by atoms with Crippen LogP contribution in [0.5, 0.6) is 5.75 Å². The van der Waals surface area contributed by atoms with Crippen molar-refractivity contribution < 1.29 is 19.1 Å². The number of nitrogens with zero attached hydrogens (tertiary/aromatic N) is 1. The summed E-state index contributed by atoms with van der Waals surface area (Å²) in [6.07, 6.45) is 0. The topological polar surface area (TPSA) is 87.7 Å². The third kappa shape index (κ3) is 4.62. The number of halogens is 2. The van der Waals surface area contributed by atoms with Crippen LogP contribution in [0.3, 0.4) is 0 Å². The number of imide groups is 1. The standard InChI is InChI=1S/C25H19Cl2N3O4/c1-14-3-10-18(11-4-14)30-24(32)21(27)22(25(30)33)28-17-8-5-15(6-9-17)23(31)29-19-13-16(26)7-12-20(19)34-2/h3-13,28H,1-2H3,(H,29,31). The van der Waals surface area contributed by atoms with Crippen molar-refractivity contribution in [2.24, 2.45) is 0 Å². The summed E-state index contributed by atoms with van der Waals surface area (Å²) in [5.74, 6) is -1.07. The predicted molar refractivity (Wildman–Crippen MR) is 133 cm³/mol. The van der Waals surface area contributed by atoms with Gasteiger partial charge in [-0.25, -0.2) is 4.90 Å². The van der Waals surface area contributed by atoms with Gasteiger partial charge in [0.1, 0.15) is 16.5 Å². The Hall–Kier alpha value is -3.81. The fourth-order valence-corrected chi connectivity index (χ4v) is 3.75. The SMILES string of the molecule is COc1ccc(Cl)cc1NC(=O)c1ccc(NC2=C(Cl)C(=O)N(c3ccc(C)cc3)C2=O)cc1. The Morgan fingerprint density at radius 1 is 0.912 bits per heavy atom. The number of benzene rings is 3. The van der Waals surface area contributed by atoms with E-state index in [9.17, 15) is 14.4 Å². The summed E-state index contributed by atoms with van der Waals surface area (Å²) in [4.78, 5) is 39.2. The molecule has 0 aliphatic carbocycles. The summed E-state index contributed by atoms with van der Waals surface area (Å²) in [6, 6.07) is 18.2. The summed E-state index contributed by atoms with van der Waals surface area (Å²) in [7, 11) is 1.49. The van der Waals surface area contributed by atoms with Gasteiger partial charge < -0.3 is 15.4 Å². The van der Waals surface area contributed by atoms with E-state index in [2.05, 4.69) is 10.6 Å². The van der Waals surface area contributed by atoms with Crippen molar-refractivity contribution in [1.82, 2.24) is 0 Å². The molecule has 2 N–H and O–H groups in total. The molecule has 172 valence electrons. The number of rotatable bonds is 6. The van der Waals surface area contributed by atoms with Gasteiger partial charge in [-0.1, -0.05) is 40.9 Å². The van der Waals surface area contributed by atoms with E-state index in [0.29, 0.717) is 33.4 Å². The molecule has 0 radical (unpaired) electrons. The Balaban J connectivity index is 1.49. The molecule has 3 amide bonds. The lowest BCUT2D eigenvalue weighted by Gasteiger charge is -2.15. The Kier molecular flexibility index (Phi) is 6.58. The van der Waals surface area contributed by atoms with Crippen LogP contribution in [0.25, 0.3) is 0 Å². The monoisotopic (exact) mass is 495 g/mol. The first-order valence-electron chi connectivity index (χ1n) is 10.2. The average Bonchev–Trinajstić information content (AvgIpc) is 3.03. The Bertz CT molecular complexity index is 1320. The molecular weight excluding hydrogens is 477 g/mol. The van der Waals surface area contributed by atoms with Crippen LogP contribution >= 0.6 is 23.2 Å². The van der Waals surface area contributed by atoms with Crippen LogP contribution in [0, 0.1) is 6.92 Å². The summed E-state index contributed by atoms with van der Waals surface area (Å²) < 4.78 is 5.24. The molecule has 9 heteroatoms. The zero-order valence-corrected chi connectivity index (χ0v) is 19.7. The van der Waals surface area contributed by atoms with Crippen molar-refractivity contribution in [3.63, 3.8) is 0 Å². The highest BCUT2D eigenvalue weighted by molar-refractivity contribution is 6.53. The van der Waals surface area contributed by atoms with Gasteiger partial charge in [-0.2, -0.15) is 0 Å². The Morgan fingerprint density at radius 3 is 2.24 bits per heavy atom. The van der Waals surface area contributed by atoms with E-state index in [-0.39, 0.29) is 16.6 Å². The first-order chi connectivity index (χ1) is 16.3. The lowest BCUT2D eigenvalue weighted by Crippen LogP contribution is -2.32. The van der Waals surface area contributed by atoms with E-state index in [1.54, 1.807) is 66.7 Å². The van der Waals surface area contributed by atoms with Crippen LogP contribution in [0.2, 0.25) is 5.02 Å². The molecule has 3 aromatic rings. The second-order valence-corrected chi connectivity index (χ2v) is 8.29. The molecule has 0 unspecified atom stereocenters. The fourth-order valence-electron chi connectivity index (χ4n) is 3.36. The second-order valence-electron chi connectivity index (χ2n) is 7.47. The number of carbonyl (C=O) groups is 3. The number of anilines is 3. The van der Waals surface area contributed by atoms with Gasteiger partial charge in [-0.15, -0.1) is 0 Å². The molecule has 0 spiro atoms. The number of ether oxygens (including phenoxy) is 1. The summed E-state index contributed by atoms with van der Waals surface area (Å²) in [6.45, 7) is 1.91. The van der Waals surface area contributed by atoms with Gasteiger partial charge in [0.2, 0.25) is 0 Å². The number of carbonyl (C=O) groups excluding carboxylic acids is 3. The first kappa shape index (κ1) is 23.4. The molecule has 3 aromatic carbocycles. The summed E-state index contributed by atoms with van der Waals surface area (Å²) >= 11 is 12.2. The molecule has 7 nitrogen and oxygen atoms in total. The molecule has 0 aromatic heterocycles. The van der Waals surface area contributed by atoms with Gasteiger partial charge >= 0.3 is 0 Å². The fraction of sp³-hybridized carbons (Fsp3) is 0.0800. The van der Waals surface area contributed by atoms with Crippen molar-refractivity contribution in [1.29, 1.82) is 0 Å². The van der Waals surface area contributed by atoms with Crippen LogP contribution in [0.15, 0.2) is 77.5 Å². The minimum Gasteiger partial charge on any atom is -0.495 e. The minimum atomic E-state index is -0.607. The van der Waals surface area contributed by atoms with Gasteiger partial charge in [0.25, 0.3) is 17.7 Å². The molecule has 0 atom stereocenters. The number of methoxy groups -OCH3 is 1. The maximum atomic E-state index is 12.9. The first-order valence-corrected chi connectivity index (χ1v) is 10.9. The van der Waals surface area contributed by atoms with Crippen molar-refractivity contribution in [3.8, 4) is 5.75 Å². The van der Waals surface area contributed by atoms with Gasteiger partial charge in [0.05, 0.1) is 18.5 Å². The van der Waals surface area contributed by atoms with Crippen LogP contribution in [0.1, 0.15) is 15.9 Å². The van der Waals surface area contributed by atoms with E-state index in [1.807, 2.05) is 6.92 Å². The second kappa shape index (κ2) is 9.59. The van der Waals surface area contributed by atoms with Gasteiger partial charge in [0, 0.05) is 16.3 Å². The predicted octanol–water partition coefficient (Wildman–Crippen LogP) is 5.35. The van der Waals surface area contributed by atoms with E-state index in [1.165, 1.54) is 7.11 Å². The quantitative estimate of drug-likeness (QED) is 0.450. The molecule has 0 bridgehead atoms. The molecular formula is C25H19Cl2N3O4. The molecule has 34 heavy (non-hydrogen) atoms. The Labute approximate surface area is 205 Å². The smallest absolute Gasteiger partial charge is 0.283 e. The molecule has 1 aliphatic heterocycles. The van der Waals surface area contributed by atoms with Crippen molar-refractivity contribution in [2.45, 2.75) is 6.92 Å². The number of hydrogen-bond acceptors (Lipinski definition) is 5. The lowest BCUT2D eigenvalue weighted by atomic mass is 10.1. The van der Waals surface area contributed by atoms with Crippen molar-refractivity contribution in [2.75, 3.05) is 22.6 Å². The van der Waals surface area contributed by atoms with E-state index in [4.69, 9.17) is 27.9 Å². The molecule has 0 saturated heterocycles. The minimum absolute atomic E-state index is 0.0342. The van der Waals surface area contributed by atoms with Gasteiger partial charge in [0.15, 0.2) is 0 Å². The maximum Gasteiger partial charge on any atom is 0.283 e. The van der Waals surface area contributed by atoms with Crippen LogP contribution in [0.4, 0.5) is 17.1 Å². The zero-order valence-electron chi connectivity index (χ0n) is 18.2. The maximum absolute atomic E-state index is 12.9. The summed E-state index contributed by atoms with van der Waals surface area (Å²) in [5.41, 5.74) is 2.68. The zero-order chi connectivity index (χ0) is 24.4. The molecule has 0 fully saturated rings. The van der Waals surface area contributed by atoms with Crippen molar-refractivity contribution in [3.05, 3.63) is 93.6 Å². The van der Waals surface area contributed by atoms with E-state index >= 15 is 0 Å². The van der Waals surface area contributed by atoms with E-state index in [0.717, 1.165) is 10.5 Å². The molecule has 0 saturated carbocycles. The average molecular weight is 496 g/mol. The normalized spacial score (nSPS) is 13.4. The van der Waals surface area contributed by atoms with E-state index < -0.39 is 11.8 Å². The number of hydrogen-bond donors (Lipinski definition) is 2. The van der Waals surface area contributed by atoms with Gasteiger partial charge in [-0.05, 0) is 61.5 Å². The highest BCUT2D eigenvalue weighted by Gasteiger charge is 2.38. The number of amides is 3.